The van der Waals surface area contributed by atoms with Crippen LogP contribution in [-0.4, -0.2) is 0 Å². The first-order valence-electron chi connectivity index (χ1n) is 5.55. The van der Waals surface area contributed by atoms with Gasteiger partial charge in [0.05, 0.1) is 22.2 Å². The van der Waals surface area contributed by atoms with E-state index in [9.17, 15) is 13.2 Å². The molecule has 0 aromatic heterocycles. The summed E-state index contributed by atoms with van der Waals surface area (Å²) in [7, 11) is 0. The van der Waals surface area contributed by atoms with E-state index in [1.807, 2.05) is 0 Å². The molecule has 2 nitrogen and oxygen atoms in total. The molecule has 0 N–H and O–H groups in total. The van der Waals surface area contributed by atoms with Gasteiger partial charge in [0, 0.05) is 4.47 Å². The molecule has 0 saturated heterocycles. The SMILES string of the molecule is N#Cc1cc(Oc2cc(Br)ccc2Cl)ccc1C(F)(F)F. The van der Waals surface area contributed by atoms with E-state index in [1.54, 1.807) is 18.2 Å². The van der Waals surface area contributed by atoms with Crippen LogP contribution >= 0.6 is 27.5 Å². The lowest BCUT2D eigenvalue weighted by Crippen LogP contribution is -2.07. The molecule has 2 aromatic rings. The number of halogens is 5. The highest BCUT2D eigenvalue weighted by molar-refractivity contribution is 9.10. The summed E-state index contributed by atoms with van der Waals surface area (Å²) in [6, 6.07) is 9.34. The van der Waals surface area contributed by atoms with Gasteiger partial charge >= 0.3 is 6.18 Å². The van der Waals surface area contributed by atoms with Crippen LogP contribution in [-0.2, 0) is 6.18 Å². The topological polar surface area (TPSA) is 33.0 Å². The summed E-state index contributed by atoms with van der Waals surface area (Å²) >= 11 is 9.17. The lowest BCUT2D eigenvalue weighted by atomic mass is 10.1. The highest BCUT2D eigenvalue weighted by Gasteiger charge is 2.33. The second-order valence-corrected chi connectivity index (χ2v) is 5.32. The van der Waals surface area contributed by atoms with Crippen molar-refractivity contribution in [3.8, 4) is 17.6 Å². The van der Waals surface area contributed by atoms with E-state index in [0.29, 0.717) is 9.50 Å². The van der Waals surface area contributed by atoms with Crippen LogP contribution in [0.4, 0.5) is 13.2 Å². The molecule has 0 heterocycles. The molecular formula is C14H6BrClF3NO. The smallest absolute Gasteiger partial charge is 0.417 e. The lowest BCUT2D eigenvalue weighted by molar-refractivity contribution is -0.137. The molecular weight excluding hydrogens is 371 g/mol. The summed E-state index contributed by atoms with van der Waals surface area (Å²) in [4.78, 5) is 0. The minimum absolute atomic E-state index is 0.0968. The Bertz CT molecular complexity index is 725. The summed E-state index contributed by atoms with van der Waals surface area (Å²) in [6.07, 6.45) is -4.59. The molecule has 0 amide bonds. The molecule has 0 aliphatic heterocycles. The van der Waals surface area contributed by atoms with E-state index < -0.39 is 17.3 Å². The van der Waals surface area contributed by atoms with Crippen molar-refractivity contribution in [3.63, 3.8) is 0 Å². The van der Waals surface area contributed by atoms with Gasteiger partial charge in [-0.25, -0.2) is 0 Å². The summed E-state index contributed by atoms with van der Waals surface area (Å²) in [6.45, 7) is 0. The molecule has 0 radical (unpaired) electrons. The molecule has 2 rings (SSSR count). The second kappa shape index (κ2) is 5.96. The number of nitriles is 1. The molecule has 2 aromatic carbocycles. The Morgan fingerprint density at radius 2 is 1.86 bits per heavy atom. The largest absolute Gasteiger partial charge is 0.456 e. The summed E-state index contributed by atoms with van der Waals surface area (Å²) in [5, 5.41) is 9.13. The van der Waals surface area contributed by atoms with Crippen molar-refractivity contribution in [1.82, 2.24) is 0 Å². The average Bonchev–Trinajstić information content (AvgIpc) is 2.41. The number of hydrogen-bond donors (Lipinski definition) is 0. The van der Waals surface area contributed by atoms with E-state index in [2.05, 4.69) is 15.9 Å². The molecule has 0 unspecified atom stereocenters. The molecule has 7 heteroatoms. The predicted molar refractivity (Wildman–Crippen MR) is 75.4 cm³/mol. The van der Waals surface area contributed by atoms with Crippen molar-refractivity contribution in [3.05, 3.63) is 57.0 Å². The number of nitrogens with zero attached hydrogens (tertiary/aromatic N) is 1. The maximum absolute atomic E-state index is 12.7. The first kappa shape index (κ1) is 15.7. The third-order valence-electron chi connectivity index (χ3n) is 2.54. The van der Waals surface area contributed by atoms with Gasteiger partial charge in [0.2, 0.25) is 0 Å². The Labute approximate surface area is 131 Å². The fourth-order valence-corrected chi connectivity index (χ4v) is 2.11. The van der Waals surface area contributed by atoms with E-state index >= 15 is 0 Å². The maximum Gasteiger partial charge on any atom is 0.417 e. The Hall–Kier alpha value is -1.71. The van der Waals surface area contributed by atoms with Gasteiger partial charge < -0.3 is 4.74 Å². The standard InChI is InChI=1S/C14H6BrClF3NO/c15-9-1-4-12(16)13(6-9)21-10-2-3-11(14(17,18)19)8(5-10)7-20/h1-6H. The highest BCUT2D eigenvalue weighted by atomic mass is 79.9. The van der Waals surface area contributed by atoms with Gasteiger partial charge in [-0.05, 0) is 36.4 Å². The molecule has 21 heavy (non-hydrogen) atoms. The van der Waals surface area contributed by atoms with Crippen LogP contribution in [0.25, 0.3) is 0 Å². The van der Waals surface area contributed by atoms with Crippen LogP contribution in [0.5, 0.6) is 11.5 Å². The van der Waals surface area contributed by atoms with Crippen molar-refractivity contribution in [1.29, 1.82) is 5.26 Å². The Morgan fingerprint density at radius 3 is 2.48 bits per heavy atom. The summed E-state index contributed by atoms with van der Waals surface area (Å²) < 4.78 is 44.2. The van der Waals surface area contributed by atoms with Gasteiger partial charge in [-0.15, -0.1) is 0 Å². The predicted octanol–water partition coefficient (Wildman–Crippen LogP) is 5.79. The first-order chi connectivity index (χ1) is 9.81. The molecule has 0 fully saturated rings. The van der Waals surface area contributed by atoms with E-state index in [-0.39, 0.29) is 11.5 Å². The zero-order chi connectivity index (χ0) is 15.6. The number of alkyl halides is 3. The molecule has 0 atom stereocenters. The Kier molecular flexibility index (Phi) is 4.45. The first-order valence-corrected chi connectivity index (χ1v) is 6.72. The van der Waals surface area contributed by atoms with Crippen molar-refractivity contribution >= 4 is 27.5 Å². The average molecular weight is 377 g/mol. The monoisotopic (exact) mass is 375 g/mol. The molecule has 0 bridgehead atoms. The number of ether oxygens (including phenoxy) is 1. The minimum Gasteiger partial charge on any atom is -0.456 e. The van der Waals surface area contributed by atoms with Crippen molar-refractivity contribution in [2.45, 2.75) is 6.18 Å². The minimum atomic E-state index is -4.59. The fourth-order valence-electron chi connectivity index (χ4n) is 1.61. The van der Waals surface area contributed by atoms with Crippen LogP contribution in [0.3, 0.4) is 0 Å². The Morgan fingerprint density at radius 1 is 1.14 bits per heavy atom. The van der Waals surface area contributed by atoms with Crippen molar-refractivity contribution in [2.24, 2.45) is 0 Å². The van der Waals surface area contributed by atoms with Crippen LogP contribution in [0, 0.1) is 11.3 Å². The van der Waals surface area contributed by atoms with Gasteiger partial charge in [0.15, 0.2) is 0 Å². The molecule has 108 valence electrons. The van der Waals surface area contributed by atoms with E-state index in [4.69, 9.17) is 21.6 Å². The van der Waals surface area contributed by atoms with Crippen LogP contribution in [0.2, 0.25) is 5.02 Å². The van der Waals surface area contributed by atoms with Gasteiger partial charge in [-0.3, -0.25) is 0 Å². The molecule has 0 saturated carbocycles. The zero-order valence-electron chi connectivity index (χ0n) is 10.2. The molecule has 0 spiro atoms. The highest BCUT2D eigenvalue weighted by Crippen LogP contribution is 2.36. The third-order valence-corrected chi connectivity index (χ3v) is 3.34. The van der Waals surface area contributed by atoms with Gasteiger partial charge in [-0.2, -0.15) is 18.4 Å². The van der Waals surface area contributed by atoms with Crippen molar-refractivity contribution < 1.29 is 17.9 Å². The summed E-state index contributed by atoms with van der Waals surface area (Å²) in [5.41, 5.74) is -1.51. The van der Waals surface area contributed by atoms with Gasteiger partial charge in [0.1, 0.15) is 11.5 Å². The second-order valence-electron chi connectivity index (χ2n) is 3.99. The Balaban J connectivity index is 2.39. The number of benzene rings is 2. The third kappa shape index (κ3) is 3.69. The normalized spacial score (nSPS) is 11.0. The maximum atomic E-state index is 12.7. The lowest BCUT2D eigenvalue weighted by Gasteiger charge is -2.12. The zero-order valence-corrected chi connectivity index (χ0v) is 12.6. The van der Waals surface area contributed by atoms with Crippen LogP contribution < -0.4 is 4.74 Å². The van der Waals surface area contributed by atoms with Crippen LogP contribution in [0.15, 0.2) is 40.9 Å². The molecule has 0 aliphatic rings. The number of rotatable bonds is 2. The fraction of sp³-hybridized carbons (Fsp3) is 0.0714. The summed E-state index contributed by atoms with van der Waals surface area (Å²) in [5.74, 6) is 0.370. The van der Waals surface area contributed by atoms with E-state index in [0.717, 1.165) is 18.2 Å². The quantitative estimate of drug-likeness (QED) is 0.665. The molecule has 0 aliphatic carbocycles. The van der Waals surface area contributed by atoms with Crippen LogP contribution in [0.1, 0.15) is 11.1 Å². The van der Waals surface area contributed by atoms with Gasteiger partial charge in [0.25, 0.3) is 0 Å². The number of hydrogen-bond acceptors (Lipinski definition) is 2. The van der Waals surface area contributed by atoms with E-state index in [1.165, 1.54) is 6.07 Å². The van der Waals surface area contributed by atoms with Gasteiger partial charge in [-0.1, -0.05) is 27.5 Å². The van der Waals surface area contributed by atoms with Crippen molar-refractivity contribution in [2.75, 3.05) is 0 Å².